The Morgan fingerprint density at radius 1 is 1.29 bits per heavy atom. The highest BCUT2D eigenvalue weighted by Gasteiger charge is 2.18. The summed E-state index contributed by atoms with van der Waals surface area (Å²) in [6.45, 7) is 4.33. The van der Waals surface area contributed by atoms with Crippen LogP contribution in [0.4, 0.5) is 0 Å². The SMILES string of the molecule is CC(c1cccs1)N(C)Cc1cc2c(cc1Br)OCCO2. The number of ether oxygens (including phenoxy) is 2. The molecule has 2 aromatic rings. The largest absolute Gasteiger partial charge is 0.486 e. The molecule has 1 aromatic heterocycles. The van der Waals surface area contributed by atoms with Gasteiger partial charge in [-0.3, -0.25) is 4.90 Å². The van der Waals surface area contributed by atoms with Crippen LogP contribution in [0, 0.1) is 0 Å². The highest BCUT2D eigenvalue weighted by Crippen LogP contribution is 2.36. The van der Waals surface area contributed by atoms with Crippen LogP contribution in [0.3, 0.4) is 0 Å². The summed E-state index contributed by atoms with van der Waals surface area (Å²) in [5.41, 5.74) is 1.21. The standard InChI is InChI=1S/C16H18BrNO2S/c1-11(16-4-3-7-21-16)18(2)10-12-8-14-15(9-13(12)17)20-6-5-19-14/h3-4,7-9,11H,5-6,10H2,1-2H3. The second-order valence-corrected chi connectivity index (χ2v) is 7.03. The lowest BCUT2D eigenvalue weighted by Gasteiger charge is -2.26. The maximum atomic E-state index is 5.67. The Hall–Kier alpha value is -1.04. The molecule has 0 saturated heterocycles. The zero-order valence-electron chi connectivity index (χ0n) is 12.1. The van der Waals surface area contributed by atoms with Gasteiger partial charge in [0.1, 0.15) is 13.2 Å². The van der Waals surface area contributed by atoms with Gasteiger partial charge in [-0.25, -0.2) is 0 Å². The van der Waals surface area contributed by atoms with E-state index in [9.17, 15) is 0 Å². The second-order valence-electron chi connectivity index (χ2n) is 5.19. The van der Waals surface area contributed by atoms with Crippen LogP contribution in [-0.2, 0) is 6.54 Å². The van der Waals surface area contributed by atoms with E-state index in [-0.39, 0.29) is 0 Å². The summed E-state index contributed by atoms with van der Waals surface area (Å²) in [4.78, 5) is 3.72. The topological polar surface area (TPSA) is 21.7 Å². The predicted molar refractivity (Wildman–Crippen MR) is 89.3 cm³/mol. The van der Waals surface area contributed by atoms with Crippen molar-refractivity contribution in [3.05, 3.63) is 44.6 Å². The molecule has 0 spiro atoms. The number of halogens is 1. The predicted octanol–water partition coefficient (Wildman–Crippen LogP) is 4.47. The van der Waals surface area contributed by atoms with E-state index in [0.29, 0.717) is 19.3 Å². The zero-order chi connectivity index (χ0) is 14.8. The van der Waals surface area contributed by atoms with Gasteiger partial charge < -0.3 is 9.47 Å². The lowest BCUT2D eigenvalue weighted by atomic mass is 10.1. The van der Waals surface area contributed by atoms with E-state index in [4.69, 9.17) is 9.47 Å². The fraction of sp³-hybridized carbons (Fsp3) is 0.375. The molecule has 3 rings (SSSR count). The molecule has 1 aliphatic heterocycles. The first-order chi connectivity index (χ1) is 10.1. The van der Waals surface area contributed by atoms with E-state index in [0.717, 1.165) is 22.5 Å². The number of rotatable bonds is 4. The van der Waals surface area contributed by atoms with Gasteiger partial charge in [0.25, 0.3) is 0 Å². The molecule has 3 nitrogen and oxygen atoms in total. The smallest absolute Gasteiger partial charge is 0.162 e. The van der Waals surface area contributed by atoms with E-state index in [1.165, 1.54) is 10.4 Å². The van der Waals surface area contributed by atoms with E-state index < -0.39 is 0 Å². The van der Waals surface area contributed by atoms with Gasteiger partial charge in [-0.05, 0) is 43.1 Å². The number of hydrogen-bond acceptors (Lipinski definition) is 4. The second kappa shape index (κ2) is 6.38. The van der Waals surface area contributed by atoms with Crippen molar-refractivity contribution in [3.8, 4) is 11.5 Å². The lowest BCUT2D eigenvalue weighted by Crippen LogP contribution is -2.22. The highest BCUT2D eigenvalue weighted by atomic mass is 79.9. The Morgan fingerprint density at radius 2 is 2.00 bits per heavy atom. The van der Waals surface area contributed by atoms with Crippen LogP contribution >= 0.6 is 27.3 Å². The Bertz CT molecular complexity index is 615. The molecule has 5 heteroatoms. The van der Waals surface area contributed by atoms with E-state index in [1.54, 1.807) is 11.3 Å². The normalized spacial score (nSPS) is 15.2. The first-order valence-corrected chi connectivity index (χ1v) is 8.64. The molecule has 0 amide bonds. The quantitative estimate of drug-likeness (QED) is 0.795. The van der Waals surface area contributed by atoms with Gasteiger partial charge in [0.2, 0.25) is 0 Å². The summed E-state index contributed by atoms with van der Waals surface area (Å²) in [5.74, 6) is 1.67. The summed E-state index contributed by atoms with van der Waals surface area (Å²) in [6, 6.07) is 8.77. The van der Waals surface area contributed by atoms with Crippen molar-refractivity contribution in [2.24, 2.45) is 0 Å². The molecule has 0 aliphatic carbocycles. The maximum absolute atomic E-state index is 5.67. The van der Waals surface area contributed by atoms with Crippen molar-refractivity contribution in [3.63, 3.8) is 0 Å². The minimum Gasteiger partial charge on any atom is -0.486 e. The first-order valence-electron chi connectivity index (χ1n) is 6.97. The Labute approximate surface area is 137 Å². The molecule has 1 unspecified atom stereocenters. The van der Waals surface area contributed by atoms with Crippen LogP contribution in [0.25, 0.3) is 0 Å². The molecular weight excluding hydrogens is 350 g/mol. The van der Waals surface area contributed by atoms with E-state index in [1.807, 2.05) is 6.07 Å². The Balaban J connectivity index is 1.78. The lowest BCUT2D eigenvalue weighted by molar-refractivity contribution is 0.170. The van der Waals surface area contributed by atoms with Crippen LogP contribution in [0.5, 0.6) is 11.5 Å². The monoisotopic (exact) mass is 367 g/mol. The molecule has 1 atom stereocenters. The number of hydrogen-bond donors (Lipinski definition) is 0. The van der Waals surface area contributed by atoms with Gasteiger partial charge >= 0.3 is 0 Å². The van der Waals surface area contributed by atoms with Crippen LogP contribution < -0.4 is 9.47 Å². The van der Waals surface area contributed by atoms with E-state index in [2.05, 4.69) is 58.4 Å². The van der Waals surface area contributed by atoms with Crippen molar-refractivity contribution in [2.45, 2.75) is 19.5 Å². The molecule has 1 aromatic carbocycles. The molecule has 0 N–H and O–H groups in total. The fourth-order valence-corrected chi connectivity index (χ4v) is 3.68. The molecule has 1 aliphatic rings. The Morgan fingerprint density at radius 3 is 2.67 bits per heavy atom. The zero-order valence-corrected chi connectivity index (χ0v) is 14.5. The number of thiophene rings is 1. The number of fused-ring (bicyclic) bond motifs is 1. The molecular formula is C16H18BrNO2S. The minimum absolute atomic E-state index is 0.394. The third kappa shape index (κ3) is 3.25. The Kier molecular flexibility index (Phi) is 4.52. The van der Waals surface area contributed by atoms with Gasteiger partial charge in [-0.15, -0.1) is 11.3 Å². The van der Waals surface area contributed by atoms with E-state index >= 15 is 0 Å². The van der Waals surface area contributed by atoms with Crippen molar-refractivity contribution >= 4 is 27.3 Å². The van der Waals surface area contributed by atoms with Gasteiger partial charge in [0.05, 0.1) is 0 Å². The summed E-state index contributed by atoms with van der Waals surface area (Å²) >= 11 is 5.44. The average Bonchev–Trinajstić information content (AvgIpc) is 3.01. The van der Waals surface area contributed by atoms with Gasteiger partial charge in [-0.1, -0.05) is 22.0 Å². The summed E-state index contributed by atoms with van der Waals surface area (Å²) in [6.07, 6.45) is 0. The third-order valence-corrected chi connectivity index (χ3v) is 5.53. The van der Waals surface area contributed by atoms with Gasteiger partial charge in [0.15, 0.2) is 11.5 Å². The molecule has 0 bridgehead atoms. The minimum atomic E-state index is 0.394. The van der Waals surface area contributed by atoms with Crippen molar-refractivity contribution in [1.82, 2.24) is 4.90 Å². The van der Waals surface area contributed by atoms with Crippen LogP contribution in [-0.4, -0.2) is 25.2 Å². The highest BCUT2D eigenvalue weighted by molar-refractivity contribution is 9.10. The average molecular weight is 368 g/mol. The number of nitrogens with zero attached hydrogens (tertiary/aromatic N) is 1. The molecule has 2 heterocycles. The third-order valence-electron chi connectivity index (χ3n) is 3.75. The van der Waals surface area contributed by atoms with Crippen LogP contribution in [0.15, 0.2) is 34.1 Å². The summed E-state index contributed by atoms with van der Waals surface area (Å²) in [5, 5.41) is 2.12. The van der Waals surface area contributed by atoms with Crippen molar-refractivity contribution in [2.75, 3.05) is 20.3 Å². The number of benzene rings is 1. The maximum Gasteiger partial charge on any atom is 0.162 e. The molecule has 0 radical (unpaired) electrons. The van der Waals surface area contributed by atoms with Crippen LogP contribution in [0.2, 0.25) is 0 Å². The van der Waals surface area contributed by atoms with Crippen molar-refractivity contribution < 1.29 is 9.47 Å². The van der Waals surface area contributed by atoms with Crippen LogP contribution in [0.1, 0.15) is 23.4 Å². The molecule has 21 heavy (non-hydrogen) atoms. The molecule has 0 fully saturated rings. The molecule has 0 saturated carbocycles. The van der Waals surface area contributed by atoms with Crippen molar-refractivity contribution in [1.29, 1.82) is 0 Å². The first kappa shape index (κ1) is 14.9. The fourth-order valence-electron chi connectivity index (χ4n) is 2.38. The summed E-state index contributed by atoms with van der Waals surface area (Å²) in [7, 11) is 2.15. The summed E-state index contributed by atoms with van der Waals surface area (Å²) < 4.78 is 12.3. The molecule has 112 valence electrons. The van der Waals surface area contributed by atoms with Gasteiger partial charge in [0, 0.05) is 21.9 Å². The van der Waals surface area contributed by atoms with Gasteiger partial charge in [-0.2, -0.15) is 0 Å².